The minimum atomic E-state index is -1.51. The van der Waals surface area contributed by atoms with Crippen LogP contribution in [0.2, 0.25) is 0 Å². The Labute approximate surface area is 204 Å². The molecule has 2 aliphatic heterocycles. The van der Waals surface area contributed by atoms with Gasteiger partial charge in [-0.15, -0.1) is 0 Å². The van der Waals surface area contributed by atoms with Gasteiger partial charge in [0, 0.05) is 29.2 Å². The van der Waals surface area contributed by atoms with Gasteiger partial charge in [-0.2, -0.15) is 0 Å². The van der Waals surface area contributed by atoms with Crippen LogP contribution in [0.5, 0.6) is 0 Å². The summed E-state index contributed by atoms with van der Waals surface area (Å²) in [6.07, 6.45) is 0.468. The maximum atomic E-state index is 14.6. The molecular weight excluding hydrogens is 451 g/mol. The second kappa shape index (κ2) is 11.1. The van der Waals surface area contributed by atoms with Gasteiger partial charge in [-0.25, -0.2) is 14.2 Å². The van der Waals surface area contributed by atoms with E-state index in [1.54, 1.807) is 17.6 Å². The van der Waals surface area contributed by atoms with Crippen molar-refractivity contribution in [2.75, 3.05) is 6.61 Å². The molecule has 4 heterocycles. The third-order valence-corrected chi connectivity index (χ3v) is 6.25. The topological polar surface area (TPSA) is 102 Å². The van der Waals surface area contributed by atoms with Crippen LogP contribution in [0, 0.1) is 12.7 Å². The molecule has 3 aromatic rings. The number of aryl methyl sites for hydroxylation is 1. The van der Waals surface area contributed by atoms with Gasteiger partial charge in [-0.1, -0.05) is 27.7 Å². The molecule has 35 heavy (non-hydrogen) atoms. The van der Waals surface area contributed by atoms with E-state index in [2.05, 4.69) is 4.98 Å². The number of unbranched alkanes of at least 4 members (excludes halogenated alkanes) is 1. The fraction of sp³-hybridized carbons (Fsp3) is 0.444. The van der Waals surface area contributed by atoms with Crippen molar-refractivity contribution in [2.24, 2.45) is 0 Å². The zero-order valence-corrected chi connectivity index (χ0v) is 20.9. The number of pyridine rings is 2. The molecule has 2 N–H and O–H groups in total. The molecule has 7 nitrogen and oxygen atoms in total. The molecule has 0 saturated heterocycles. The Balaban J connectivity index is 0.000000815. The van der Waals surface area contributed by atoms with Gasteiger partial charge in [0.05, 0.1) is 29.0 Å². The van der Waals surface area contributed by atoms with Crippen LogP contribution in [0.4, 0.5) is 4.39 Å². The van der Waals surface area contributed by atoms with Gasteiger partial charge in [-0.3, -0.25) is 4.79 Å². The van der Waals surface area contributed by atoms with E-state index in [1.165, 1.54) is 6.07 Å². The molecule has 0 aliphatic carbocycles. The highest BCUT2D eigenvalue weighted by atomic mass is 19.1. The van der Waals surface area contributed by atoms with Crippen LogP contribution in [-0.2, 0) is 29.1 Å². The zero-order chi connectivity index (χ0) is 25.9. The summed E-state index contributed by atoms with van der Waals surface area (Å²) in [5.41, 5.74) is 3.95. The Hall–Kier alpha value is -3.10. The van der Waals surface area contributed by atoms with Crippen molar-refractivity contribution in [1.82, 2.24) is 9.55 Å². The van der Waals surface area contributed by atoms with Crippen LogP contribution < -0.4 is 5.56 Å². The molecule has 1 atom stereocenters. The maximum absolute atomic E-state index is 14.6. The van der Waals surface area contributed by atoms with Crippen molar-refractivity contribution < 1.29 is 24.1 Å². The predicted molar refractivity (Wildman–Crippen MR) is 133 cm³/mol. The van der Waals surface area contributed by atoms with Gasteiger partial charge in [0.25, 0.3) is 5.56 Å². The molecular formula is C27H33FN2O5. The lowest BCUT2D eigenvalue weighted by atomic mass is 9.95. The first-order chi connectivity index (χ1) is 16.9. The first kappa shape index (κ1) is 26.5. The summed E-state index contributed by atoms with van der Waals surface area (Å²) >= 11 is 0. The molecule has 0 fully saturated rings. The summed E-state index contributed by atoms with van der Waals surface area (Å²) in [4.78, 5) is 29.4. The molecule has 1 unspecified atom stereocenters. The van der Waals surface area contributed by atoms with Crippen LogP contribution >= 0.6 is 0 Å². The number of aliphatic hydroxyl groups excluding tert-OH is 2. The second-order valence-electron chi connectivity index (χ2n) is 8.07. The van der Waals surface area contributed by atoms with E-state index in [0.717, 1.165) is 22.9 Å². The number of hydrogen-bond acceptors (Lipinski definition) is 6. The summed E-state index contributed by atoms with van der Waals surface area (Å²) in [7, 11) is 0. The zero-order valence-electron chi connectivity index (χ0n) is 20.9. The Kier molecular flexibility index (Phi) is 8.40. The van der Waals surface area contributed by atoms with Crippen molar-refractivity contribution in [3.05, 3.63) is 62.2 Å². The van der Waals surface area contributed by atoms with E-state index in [9.17, 15) is 19.1 Å². The smallest absolute Gasteiger partial charge is 0.340 e. The lowest BCUT2D eigenvalue weighted by molar-refractivity contribution is -0.157. The molecule has 2 aromatic heterocycles. The van der Waals surface area contributed by atoms with Crippen LogP contribution in [-0.4, -0.2) is 32.3 Å². The number of cyclic esters (lactones) is 1. The number of aromatic nitrogens is 2. The van der Waals surface area contributed by atoms with E-state index in [0.29, 0.717) is 41.9 Å². The molecule has 0 bridgehead atoms. The third kappa shape index (κ3) is 4.60. The van der Waals surface area contributed by atoms with E-state index in [4.69, 9.17) is 9.84 Å². The quantitative estimate of drug-likeness (QED) is 0.330. The molecule has 188 valence electrons. The Morgan fingerprint density at radius 3 is 2.54 bits per heavy atom. The molecule has 8 heteroatoms. The minimum absolute atomic E-state index is 0.0842. The number of nitrogens with zero attached hydrogens (tertiary/aromatic N) is 2. The second-order valence-corrected chi connectivity index (χ2v) is 8.07. The molecule has 0 spiro atoms. The summed E-state index contributed by atoms with van der Waals surface area (Å²) in [6.45, 7) is 9.95. The molecule has 0 amide bonds. The lowest BCUT2D eigenvalue weighted by Crippen LogP contribution is -2.32. The highest BCUT2D eigenvalue weighted by Gasteiger charge is 2.33. The monoisotopic (exact) mass is 484 g/mol. The first-order valence-electron chi connectivity index (χ1n) is 12.2. The number of halogens is 1. The van der Waals surface area contributed by atoms with Crippen LogP contribution in [0.15, 0.2) is 23.0 Å². The van der Waals surface area contributed by atoms with Crippen molar-refractivity contribution in [2.45, 2.75) is 73.1 Å². The summed E-state index contributed by atoms with van der Waals surface area (Å²) < 4.78 is 21.1. The van der Waals surface area contributed by atoms with Gasteiger partial charge in [0.15, 0.2) is 6.10 Å². The SMILES string of the molecule is CC.CC.Cc1c(F)cc2nc3c(cc2c1CCCCO)Cn1c-3cc2c(c1=O)COC(=O)C2O. The van der Waals surface area contributed by atoms with E-state index in [1.807, 2.05) is 33.8 Å². The third-order valence-electron chi connectivity index (χ3n) is 6.25. The van der Waals surface area contributed by atoms with Crippen molar-refractivity contribution >= 4 is 16.9 Å². The van der Waals surface area contributed by atoms with Gasteiger partial charge in [0.1, 0.15) is 12.4 Å². The lowest BCUT2D eigenvalue weighted by Gasteiger charge is -2.21. The predicted octanol–water partition coefficient (Wildman–Crippen LogP) is 4.33. The number of benzene rings is 1. The Morgan fingerprint density at radius 2 is 1.86 bits per heavy atom. The van der Waals surface area contributed by atoms with Crippen LogP contribution in [0.1, 0.15) is 74.5 Å². The average Bonchev–Trinajstić information content (AvgIpc) is 3.23. The van der Waals surface area contributed by atoms with Gasteiger partial charge < -0.3 is 19.5 Å². The largest absolute Gasteiger partial charge is 0.458 e. The molecule has 5 rings (SSSR count). The number of esters is 1. The number of fused-ring (bicyclic) bond motifs is 5. The normalized spacial score (nSPS) is 15.2. The maximum Gasteiger partial charge on any atom is 0.340 e. The minimum Gasteiger partial charge on any atom is -0.458 e. The molecule has 0 saturated carbocycles. The van der Waals surface area contributed by atoms with Crippen molar-refractivity contribution in [3.8, 4) is 11.4 Å². The van der Waals surface area contributed by atoms with E-state index in [-0.39, 0.29) is 35.7 Å². The van der Waals surface area contributed by atoms with Gasteiger partial charge in [0.2, 0.25) is 0 Å². The summed E-state index contributed by atoms with van der Waals surface area (Å²) in [5, 5.41) is 20.1. The fourth-order valence-corrected chi connectivity index (χ4v) is 4.54. The van der Waals surface area contributed by atoms with Crippen molar-refractivity contribution in [1.29, 1.82) is 0 Å². The number of rotatable bonds is 4. The Morgan fingerprint density at radius 1 is 1.14 bits per heavy atom. The Bertz CT molecular complexity index is 1320. The number of carbonyl (C=O) groups is 1. The number of carbonyl (C=O) groups excluding carboxylic acids is 1. The van der Waals surface area contributed by atoms with Gasteiger partial charge in [-0.05, 0) is 49.4 Å². The molecule has 1 aromatic carbocycles. The summed E-state index contributed by atoms with van der Waals surface area (Å²) in [5.74, 6) is -1.13. The first-order valence-corrected chi connectivity index (χ1v) is 12.2. The number of aliphatic hydroxyl groups is 2. The molecule has 0 radical (unpaired) electrons. The van der Waals surface area contributed by atoms with Crippen LogP contribution in [0.25, 0.3) is 22.3 Å². The summed E-state index contributed by atoms with van der Waals surface area (Å²) in [6, 6.07) is 4.95. The van der Waals surface area contributed by atoms with Crippen molar-refractivity contribution in [3.63, 3.8) is 0 Å². The van der Waals surface area contributed by atoms with E-state index >= 15 is 0 Å². The highest BCUT2D eigenvalue weighted by molar-refractivity contribution is 5.88. The van der Waals surface area contributed by atoms with E-state index < -0.39 is 12.1 Å². The molecule has 2 aliphatic rings. The average molecular weight is 485 g/mol. The van der Waals surface area contributed by atoms with Crippen LogP contribution in [0.3, 0.4) is 0 Å². The highest BCUT2D eigenvalue weighted by Crippen LogP contribution is 2.37. The number of hydrogen-bond donors (Lipinski definition) is 2. The standard InChI is InChI=1S/C23H21FN2O5.2C2H6/c1-11-13(4-2-3-5-27)14-6-12-9-26-19(20(12)25-18(14)8-17(11)24)7-15-16(22(26)29)10-31-23(30)21(15)28;2*1-2/h6-8,21,27-28H,2-5,9-10H2,1H3;2*1-2H3. The fourth-order valence-electron chi connectivity index (χ4n) is 4.54. The number of ether oxygens (including phenoxy) is 1. The van der Waals surface area contributed by atoms with Gasteiger partial charge >= 0.3 is 5.97 Å².